The lowest BCUT2D eigenvalue weighted by atomic mass is 10.2. The van der Waals surface area contributed by atoms with E-state index in [4.69, 9.17) is 5.21 Å². The lowest BCUT2D eigenvalue weighted by Gasteiger charge is -2.05. The molecule has 2 amide bonds. The molecule has 0 aliphatic rings. The van der Waals surface area contributed by atoms with Crippen LogP contribution >= 0.6 is 0 Å². The minimum atomic E-state index is -0.501. The molecular weight excluding hydrogens is 260 g/mol. The van der Waals surface area contributed by atoms with E-state index in [9.17, 15) is 9.59 Å². The van der Waals surface area contributed by atoms with Crippen molar-refractivity contribution in [3.05, 3.63) is 30.6 Å². The highest BCUT2D eigenvalue weighted by molar-refractivity contribution is 5.93. The molecule has 104 valence electrons. The maximum absolute atomic E-state index is 11.7. The maximum Gasteiger partial charge on any atom is 0.243 e. The summed E-state index contributed by atoms with van der Waals surface area (Å²) in [6.07, 6.45) is 3.86. The number of fused-ring (bicyclic) bond motifs is 1. The first-order valence-electron chi connectivity index (χ1n) is 6.12. The fourth-order valence-corrected chi connectivity index (χ4v) is 1.73. The molecule has 0 fully saturated rings. The number of rotatable bonds is 5. The van der Waals surface area contributed by atoms with Crippen LogP contribution in [-0.2, 0) is 9.59 Å². The molecule has 0 bridgehead atoms. The predicted octanol–water partition coefficient (Wildman–Crippen LogP) is 1.24. The van der Waals surface area contributed by atoms with E-state index >= 15 is 0 Å². The zero-order chi connectivity index (χ0) is 14.4. The molecule has 1 aromatic carbocycles. The molecule has 2 aromatic rings. The van der Waals surface area contributed by atoms with Gasteiger partial charge in [0.25, 0.3) is 0 Å². The van der Waals surface area contributed by atoms with Crippen molar-refractivity contribution in [2.24, 2.45) is 0 Å². The molecule has 0 atom stereocenters. The fourth-order valence-electron chi connectivity index (χ4n) is 1.73. The second kappa shape index (κ2) is 6.58. The van der Waals surface area contributed by atoms with Gasteiger partial charge in [0.15, 0.2) is 0 Å². The predicted molar refractivity (Wildman–Crippen MR) is 71.9 cm³/mol. The molecule has 7 heteroatoms. The van der Waals surface area contributed by atoms with Gasteiger partial charge in [-0.05, 0) is 24.6 Å². The first-order chi connectivity index (χ1) is 9.69. The molecule has 3 N–H and O–H groups in total. The minimum Gasteiger partial charge on any atom is -0.326 e. The van der Waals surface area contributed by atoms with Crippen molar-refractivity contribution in [3.8, 4) is 0 Å². The topological polar surface area (TPSA) is 104 Å². The normalized spacial score (nSPS) is 10.2. The number of carbonyl (C=O) groups excluding carboxylic acids is 2. The van der Waals surface area contributed by atoms with Gasteiger partial charge >= 0.3 is 0 Å². The number of anilines is 1. The monoisotopic (exact) mass is 274 g/mol. The van der Waals surface area contributed by atoms with E-state index in [1.807, 2.05) is 0 Å². The average Bonchev–Trinajstić information content (AvgIpc) is 2.47. The zero-order valence-electron chi connectivity index (χ0n) is 10.7. The van der Waals surface area contributed by atoms with Gasteiger partial charge in [0, 0.05) is 30.9 Å². The van der Waals surface area contributed by atoms with E-state index in [-0.39, 0.29) is 18.7 Å². The molecule has 2 rings (SSSR count). The van der Waals surface area contributed by atoms with Crippen molar-refractivity contribution in [2.75, 3.05) is 5.32 Å². The lowest BCUT2D eigenvalue weighted by Crippen LogP contribution is -2.19. The lowest BCUT2D eigenvalue weighted by molar-refractivity contribution is -0.129. The van der Waals surface area contributed by atoms with Gasteiger partial charge < -0.3 is 5.32 Å². The third-order valence-electron chi connectivity index (χ3n) is 2.69. The highest BCUT2D eigenvalue weighted by Crippen LogP contribution is 2.15. The van der Waals surface area contributed by atoms with Crippen molar-refractivity contribution in [1.82, 2.24) is 15.4 Å². The minimum absolute atomic E-state index is 0.104. The summed E-state index contributed by atoms with van der Waals surface area (Å²) in [5.74, 6) is -0.697. The number of carbonyl (C=O) groups is 2. The second-order valence-electron chi connectivity index (χ2n) is 4.20. The van der Waals surface area contributed by atoms with Crippen LogP contribution in [0.2, 0.25) is 0 Å². The molecule has 0 saturated carbocycles. The molecule has 0 unspecified atom stereocenters. The van der Waals surface area contributed by atoms with Crippen molar-refractivity contribution in [3.63, 3.8) is 0 Å². The Balaban J connectivity index is 1.91. The second-order valence-corrected chi connectivity index (χ2v) is 4.20. The number of hydroxylamine groups is 1. The third kappa shape index (κ3) is 3.72. The summed E-state index contributed by atoms with van der Waals surface area (Å²) in [4.78, 5) is 30.8. The standard InChI is InChI=1S/C13H14N4O3/c18-12(2-1-3-13(19)17-20)16-9-4-5-10-11(8-9)15-7-6-14-10/h4-8,20H,1-3H2,(H,16,18)(H,17,19). The molecule has 1 aromatic heterocycles. The average molecular weight is 274 g/mol. The SMILES string of the molecule is O=C(CCCC(=O)Nc1ccc2nccnc2c1)NO. The highest BCUT2D eigenvalue weighted by Gasteiger charge is 2.06. The van der Waals surface area contributed by atoms with Crippen molar-refractivity contribution < 1.29 is 14.8 Å². The summed E-state index contributed by atoms with van der Waals surface area (Å²) in [6, 6.07) is 5.26. The van der Waals surface area contributed by atoms with Gasteiger partial charge in [-0.3, -0.25) is 24.8 Å². The van der Waals surface area contributed by atoms with Gasteiger partial charge in [-0.1, -0.05) is 0 Å². The van der Waals surface area contributed by atoms with E-state index in [1.165, 1.54) is 5.48 Å². The molecule has 0 spiro atoms. The number of benzene rings is 1. The van der Waals surface area contributed by atoms with Crippen LogP contribution in [0.4, 0.5) is 5.69 Å². The number of nitrogens with one attached hydrogen (secondary N) is 2. The van der Waals surface area contributed by atoms with E-state index in [0.29, 0.717) is 17.6 Å². The van der Waals surface area contributed by atoms with Crippen molar-refractivity contribution in [1.29, 1.82) is 0 Å². The first-order valence-corrected chi connectivity index (χ1v) is 6.12. The molecule has 0 saturated heterocycles. The van der Waals surface area contributed by atoms with Crippen LogP contribution < -0.4 is 10.8 Å². The third-order valence-corrected chi connectivity index (χ3v) is 2.69. The Morgan fingerprint density at radius 3 is 2.50 bits per heavy atom. The summed E-state index contributed by atoms with van der Waals surface area (Å²) in [5, 5.41) is 11.0. The van der Waals surface area contributed by atoms with E-state index < -0.39 is 5.91 Å². The Bertz CT molecular complexity index is 630. The fraction of sp³-hybridized carbons (Fsp3) is 0.231. The number of nitrogens with zero attached hydrogens (tertiary/aromatic N) is 2. The van der Waals surface area contributed by atoms with Crippen molar-refractivity contribution in [2.45, 2.75) is 19.3 Å². The summed E-state index contributed by atoms with van der Waals surface area (Å²) in [7, 11) is 0. The summed E-state index contributed by atoms with van der Waals surface area (Å²) >= 11 is 0. The van der Waals surface area contributed by atoms with Gasteiger partial charge in [-0.15, -0.1) is 0 Å². The van der Waals surface area contributed by atoms with Crippen LogP contribution in [0.15, 0.2) is 30.6 Å². The summed E-state index contributed by atoms with van der Waals surface area (Å²) in [6.45, 7) is 0. The largest absolute Gasteiger partial charge is 0.326 e. The smallest absolute Gasteiger partial charge is 0.243 e. The van der Waals surface area contributed by atoms with Gasteiger partial charge in [-0.2, -0.15) is 0 Å². The van der Waals surface area contributed by atoms with Gasteiger partial charge in [0.2, 0.25) is 11.8 Å². The summed E-state index contributed by atoms with van der Waals surface area (Å²) in [5.41, 5.74) is 3.61. The van der Waals surface area contributed by atoms with Crippen LogP contribution in [0, 0.1) is 0 Å². The molecule has 7 nitrogen and oxygen atoms in total. The first kappa shape index (κ1) is 13.9. The van der Waals surface area contributed by atoms with Crippen LogP contribution in [0.3, 0.4) is 0 Å². The highest BCUT2D eigenvalue weighted by atomic mass is 16.5. The van der Waals surface area contributed by atoms with Gasteiger partial charge in [0.05, 0.1) is 11.0 Å². The quantitative estimate of drug-likeness (QED) is 0.562. The van der Waals surface area contributed by atoms with Gasteiger partial charge in [-0.25, -0.2) is 5.48 Å². The Labute approximate surface area is 115 Å². The number of hydrogen-bond donors (Lipinski definition) is 3. The van der Waals surface area contributed by atoms with Crippen LogP contribution in [0.5, 0.6) is 0 Å². The number of hydrogen-bond acceptors (Lipinski definition) is 5. The van der Waals surface area contributed by atoms with Crippen LogP contribution in [-0.4, -0.2) is 27.0 Å². The Morgan fingerprint density at radius 1 is 1.05 bits per heavy atom. The van der Waals surface area contributed by atoms with E-state index in [1.54, 1.807) is 30.6 Å². The van der Waals surface area contributed by atoms with E-state index in [2.05, 4.69) is 15.3 Å². The molecule has 20 heavy (non-hydrogen) atoms. The number of aromatic nitrogens is 2. The van der Waals surface area contributed by atoms with Crippen molar-refractivity contribution >= 4 is 28.5 Å². The number of amides is 2. The molecule has 1 heterocycles. The summed E-state index contributed by atoms with van der Waals surface area (Å²) < 4.78 is 0. The maximum atomic E-state index is 11.7. The molecular formula is C13H14N4O3. The molecule has 0 radical (unpaired) electrons. The Morgan fingerprint density at radius 2 is 1.75 bits per heavy atom. The van der Waals surface area contributed by atoms with Gasteiger partial charge in [0.1, 0.15) is 0 Å². The van der Waals surface area contributed by atoms with E-state index in [0.717, 1.165) is 5.52 Å². The van der Waals surface area contributed by atoms with Crippen LogP contribution in [0.1, 0.15) is 19.3 Å². The molecule has 0 aliphatic heterocycles. The molecule has 0 aliphatic carbocycles. The Hall–Kier alpha value is -2.54. The van der Waals surface area contributed by atoms with Crippen LogP contribution in [0.25, 0.3) is 11.0 Å². The Kier molecular flexibility index (Phi) is 4.56. The zero-order valence-corrected chi connectivity index (χ0v) is 10.7.